The van der Waals surface area contributed by atoms with Gasteiger partial charge in [-0.2, -0.15) is 13.2 Å². The zero-order valence-electron chi connectivity index (χ0n) is 14.4. The van der Waals surface area contributed by atoms with Gasteiger partial charge in [0.25, 0.3) is 0 Å². The highest BCUT2D eigenvalue weighted by Crippen LogP contribution is 2.40. The van der Waals surface area contributed by atoms with Crippen molar-refractivity contribution in [1.82, 2.24) is 4.90 Å². The third-order valence-corrected chi connectivity index (χ3v) is 5.44. The lowest BCUT2D eigenvalue weighted by molar-refractivity contribution is -0.284. The van der Waals surface area contributed by atoms with Crippen LogP contribution in [0.2, 0.25) is 0 Å². The number of nitrogens with zero attached hydrogens (tertiary/aromatic N) is 2. The van der Waals surface area contributed by atoms with Gasteiger partial charge in [0.1, 0.15) is 29.8 Å². The molecule has 1 saturated heterocycles. The Bertz CT molecular complexity index is 478. The maximum Gasteiger partial charge on any atom is 0.417 e. The van der Waals surface area contributed by atoms with Crippen LogP contribution < -0.4 is 0 Å². The Morgan fingerprint density at radius 2 is 1.96 bits per heavy atom. The van der Waals surface area contributed by atoms with Crippen LogP contribution in [0, 0.1) is 0 Å². The van der Waals surface area contributed by atoms with Crippen LogP contribution in [0.15, 0.2) is 4.99 Å². The molecule has 0 aromatic heterocycles. The molecule has 2 N–H and O–H groups in total. The summed E-state index contributed by atoms with van der Waals surface area (Å²) < 4.78 is 50.8. The molecule has 1 unspecified atom stereocenters. The van der Waals surface area contributed by atoms with Crippen LogP contribution in [0.1, 0.15) is 26.2 Å². The number of hydrogen-bond acceptors (Lipinski definition) is 7. The number of amidine groups is 1. The quantitative estimate of drug-likeness (QED) is 0.676. The van der Waals surface area contributed by atoms with Gasteiger partial charge in [0.15, 0.2) is 11.3 Å². The number of alkyl halides is 3. The minimum absolute atomic E-state index is 0.0820. The Morgan fingerprint density at radius 3 is 2.52 bits per heavy atom. The molecule has 25 heavy (non-hydrogen) atoms. The Hall–Kier alpha value is -0.550. The van der Waals surface area contributed by atoms with Gasteiger partial charge in [-0.05, 0) is 6.42 Å². The first-order valence-electron chi connectivity index (χ1n) is 8.28. The molecular formula is C15H25F3N2O4S. The smallest absolute Gasteiger partial charge is 0.388 e. The molecule has 2 aliphatic rings. The molecule has 0 aromatic carbocycles. The highest BCUT2D eigenvalue weighted by Gasteiger charge is 2.57. The molecular weight excluding hydrogens is 361 g/mol. The number of aliphatic hydroxyl groups is 2. The van der Waals surface area contributed by atoms with E-state index in [1.165, 1.54) is 0 Å². The average Bonchev–Trinajstić information content (AvgIpc) is 2.95. The summed E-state index contributed by atoms with van der Waals surface area (Å²) >= 11 is 1.13. The number of fused-ring (bicyclic) bond motifs is 1. The van der Waals surface area contributed by atoms with Gasteiger partial charge < -0.3 is 24.6 Å². The summed E-state index contributed by atoms with van der Waals surface area (Å²) in [6.07, 6.45) is -9.78. The Morgan fingerprint density at radius 1 is 1.28 bits per heavy atom. The number of halogens is 3. The van der Waals surface area contributed by atoms with E-state index in [1.807, 2.05) is 6.92 Å². The molecule has 2 rings (SSSR count). The molecule has 0 bridgehead atoms. The van der Waals surface area contributed by atoms with Crippen LogP contribution in [-0.4, -0.2) is 83.1 Å². The summed E-state index contributed by atoms with van der Waals surface area (Å²) in [4.78, 5) is 5.92. The van der Waals surface area contributed by atoms with Crippen molar-refractivity contribution < 1.29 is 32.9 Å². The largest absolute Gasteiger partial charge is 0.417 e. The molecule has 0 aliphatic carbocycles. The summed E-state index contributed by atoms with van der Waals surface area (Å²) in [5, 5.41) is 21.0. The predicted octanol–water partition coefficient (Wildman–Crippen LogP) is 1.60. The van der Waals surface area contributed by atoms with E-state index in [2.05, 4.69) is 4.99 Å². The van der Waals surface area contributed by atoms with E-state index in [9.17, 15) is 23.4 Å². The molecule has 1 fully saturated rings. The lowest BCUT2D eigenvalue weighted by Gasteiger charge is -2.41. The van der Waals surface area contributed by atoms with E-state index in [-0.39, 0.29) is 6.61 Å². The highest BCUT2D eigenvalue weighted by atomic mass is 32.2. The van der Waals surface area contributed by atoms with E-state index in [4.69, 9.17) is 9.47 Å². The number of thioether (sulfide) groups is 1. The molecule has 0 amide bonds. The summed E-state index contributed by atoms with van der Waals surface area (Å²) in [7, 11) is 3.47. The molecule has 2 aliphatic heterocycles. The molecule has 146 valence electrons. The van der Waals surface area contributed by atoms with E-state index in [0.717, 1.165) is 24.6 Å². The molecule has 0 radical (unpaired) electrons. The molecule has 6 nitrogen and oxygen atoms in total. The van der Waals surface area contributed by atoms with Gasteiger partial charge in [-0.25, -0.2) is 0 Å². The molecule has 6 atom stereocenters. The van der Waals surface area contributed by atoms with Crippen molar-refractivity contribution in [2.24, 2.45) is 4.99 Å². The maximum atomic E-state index is 13.4. The minimum atomic E-state index is -4.71. The van der Waals surface area contributed by atoms with Crippen LogP contribution in [-0.2, 0) is 9.47 Å². The van der Waals surface area contributed by atoms with Crippen LogP contribution >= 0.6 is 11.8 Å². The Labute approximate surface area is 149 Å². The van der Waals surface area contributed by atoms with E-state index in [0.29, 0.717) is 11.6 Å². The minimum Gasteiger partial charge on any atom is -0.388 e. The number of unbranched alkanes of at least 4 members (excludes halogenated alkanes) is 2. The highest BCUT2D eigenvalue weighted by molar-refractivity contribution is 8.14. The molecule has 0 aromatic rings. The van der Waals surface area contributed by atoms with E-state index < -0.39 is 42.1 Å². The van der Waals surface area contributed by atoms with Crippen molar-refractivity contribution in [3.63, 3.8) is 0 Å². The van der Waals surface area contributed by atoms with Crippen molar-refractivity contribution in [3.05, 3.63) is 0 Å². The van der Waals surface area contributed by atoms with Gasteiger partial charge in [0, 0.05) is 20.7 Å². The topological polar surface area (TPSA) is 74.5 Å². The Balaban J connectivity index is 2.11. The zero-order valence-corrected chi connectivity index (χ0v) is 15.3. The average molecular weight is 386 g/mol. The van der Waals surface area contributed by atoms with Crippen LogP contribution in [0.4, 0.5) is 13.2 Å². The number of rotatable bonds is 6. The van der Waals surface area contributed by atoms with Crippen molar-refractivity contribution >= 4 is 16.9 Å². The number of hydrogen-bond donors (Lipinski definition) is 2. The van der Waals surface area contributed by atoms with Gasteiger partial charge in [-0.1, -0.05) is 31.5 Å². The number of aliphatic imine (C=N–C) groups is 1. The predicted molar refractivity (Wildman–Crippen MR) is 88.5 cm³/mol. The molecule has 0 saturated carbocycles. The second-order valence-electron chi connectivity index (χ2n) is 6.40. The fraction of sp³-hybridized carbons (Fsp3) is 0.933. The van der Waals surface area contributed by atoms with Gasteiger partial charge >= 0.3 is 6.18 Å². The first kappa shape index (κ1) is 20.8. The second-order valence-corrected chi connectivity index (χ2v) is 7.47. The Kier molecular flexibility index (Phi) is 7.00. The van der Waals surface area contributed by atoms with Gasteiger partial charge in [-0.3, -0.25) is 4.99 Å². The van der Waals surface area contributed by atoms with Crippen molar-refractivity contribution in [2.45, 2.75) is 68.3 Å². The van der Waals surface area contributed by atoms with E-state index in [1.54, 1.807) is 19.0 Å². The fourth-order valence-electron chi connectivity index (χ4n) is 2.78. The van der Waals surface area contributed by atoms with Gasteiger partial charge in [-0.15, -0.1) is 0 Å². The zero-order chi connectivity index (χ0) is 18.8. The van der Waals surface area contributed by atoms with Crippen LogP contribution in [0.25, 0.3) is 0 Å². The van der Waals surface area contributed by atoms with Crippen LogP contribution in [0.3, 0.4) is 0 Å². The summed E-state index contributed by atoms with van der Waals surface area (Å²) in [5.41, 5.74) is -0.787. The first-order chi connectivity index (χ1) is 11.7. The van der Waals surface area contributed by atoms with Crippen molar-refractivity contribution in [2.75, 3.05) is 20.7 Å². The second kappa shape index (κ2) is 8.43. The molecule has 10 heteroatoms. The van der Waals surface area contributed by atoms with Crippen LogP contribution in [0.5, 0.6) is 0 Å². The third kappa shape index (κ3) is 4.79. The van der Waals surface area contributed by atoms with Gasteiger partial charge in [0.05, 0.1) is 0 Å². The monoisotopic (exact) mass is 386 g/mol. The first-order valence-corrected chi connectivity index (χ1v) is 9.16. The fourth-order valence-corrected chi connectivity index (χ4v) is 3.93. The lowest BCUT2D eigenvalue weighted by Crippen LogP contribution is -2.61. The van der Waals surface area contributed by atoms with Gasteiger partial charge in [0.2, 0.25) is 0 Å². The number of aliphatic hydroxyl groups excluding tert-OH is 2. The molecule has 0 spiro atoms. The van der Waals surface area contributed by atoms with Crippen molar-refractivity contribution in [1.29, 1.82) is 0 Å². The number of ether oxygens (including phenoxy) is 2. The summed E-state index contributed by atoms with van der Waals surface area (Å²) in [6.45, 7) is 1.85. The maximum absolute atomic E-state index is 13.4. The normalized spacial score (nSPS) is 33.8. The summed E-state index contributed by atoms with van der Waals surface area (Å²) in [6, 6.07) is -0.803. The third-order valence-electron chi connectivity index (χ3n) is 4.14. The molecule has 2 heterocycles. The summed E-state index contributed by atoms with van der Waals surface area (Å²) in [5.74, 6) is 0. The SMILES string of the molecule is CCCCCO[C@H](C1O[C@@H]2SC(N(C)C)=N[C@@H]2[C@@H](O)[C@@H]1O)C(F)(F)F. The van der Waals surface area contributed by atoms with Crippen molar-refractivity contribution in [3.8, 4) is 0 Å². The standard InChI is InChI=1S/C15H25F3N2O4S/c1-4-5-6-7-23-12(15(16,17)18)11-10(22)9(21)8-13(24-11)25-14(19-8)20(2)3/h8-13,21-22H,4-7H2,1-3H3/t8-,9-,10+,11?,12-,13-/m1/s1. The lowest BCUT2D eigenvalue weighted by atomic mass is 9.94. The van der Waals surface area contributed by atoms with E-state index >= 15 is 0 Å².